The number of rotatable bonds is 4. The Labute approximate surface area is 155 Å². The van der Waals surface area contributed by atoms with Gasteiger partial charge in [0, 0.05) is 11.8 Å². The molecule has 1 N–H and O–H groups in total. The second kappa shape index (κ2) is 7.53. The Morgan fingerprint density at radius 3 is 2.88 bits per heavy atom. The van der Waals surface area contributed by atoms with E-state index in [1.165, 1.54) is 12.0 Å². The molecule has 1 aliphatic heterocycles. The van der Waals surface area contributed by atoms with Crippen LogP contribution in [-0.2, 0) is 14.4 Å². The molecule has 7 atom stereocenters. The summed E-state index contributed by atoms with van der Waals surface area (Å²) < 4.78 is 6.10. The predicted octanol–water partition coefficient (Wildman–Crippen LogP) is 3.99. The molecule has 26 heavy (non-hydrogen) atoms. The highest BCUT2D eigenvalue weighted by Gasteiger charge is 2.45. The maximum atomic E-state index is 12.9. The molecule has 2 fully saturated rings. The molecule has 4 heteroatoms. The largest absolute Gasteiger partial charge is 0.461 e. The number of benzene rings is 1. The molecule has 2 aliphatic carbocycles. The molecule has 1 unspecified atom stereocenters. The molecule has 1 aromatic rings. The van der Waals surface area contributed by atoms with Crippen LogP contribution < -0.4 is 5.48 Å². The van der Waals surface area contributed by atoms with Gasteiger partial charge in [0.2, 0.25) is 0 Å². The van der Waals surface area contributed by atoms with Crippen molar-refractivity contribution in [2.75, 3.05) is 0 Å². The first-order valence-electron chi connectivity index (χ1n) is 9.96. The molecule has 1 saturated heterocycles. The number of allylic oxidation sites excluding steroid dienone is 1. The first kappa shape index (κ1) is 17.7. The van der Waals surface area contributed by atoms with E-state index in [2.05, 4.69) is 55.7 Å². The van der Waals surface area contributed by atoms with E-state index >= 15 is 0 Å². The van der Waals surface area contributed by atoms with Crippen molar-refractivity contribution in [1.29, 1.82) is 0 Å². The summed E-state index contributed by atoms with van der Waals surface area (Å²) in [4.78, 5) is 18.4. The quantitative estimate of drug-likeness (QED) is 0.655. The molecule has 0 amide bonds. The molecule has 0 spiro atoms. The van der Waals surface area contributed by atoms with E-state index < -0.39 is 0 Å². The standard InChI is InChI=1S/C22H29NO3/c1-14-11-12-17(15(2)16-7-4-3-5-8-16)20(13-14)25-22(24)21-18-9-6-10-19(18)26-23-21/h3-8,10,14-15,17-21,23H,9,11-13H2,1-2H3/t14-,15?,17+,18-,19+,20-,21+/m1/s1. The van der Waals surface area contributed by atoms with Gasteiger partial charge in [0.25, 0.3) is 0 Å². The maximum Gasteiger partial charge on any atom is 0.326 e. The lowest BCUT2D eigenvalue weighted by atomic mass is 9.73. The van der Waals surface area contributed by atoms with Crippen molar-refractivity contribution in [3.63, 3.8) is 0 Å². The Kier molecular flexibility index (Phi) is 5.14. The Hall–Kier alpha value is -1.65. The van der Waals surface area contributed by atoms with Crippen LogP contribution >= 0.6 is 0 Å². The summed E-state index contributed by atoms with van der Waals surface area (Å²) in [6, 6.07) is 10.2. The number of esters is 1. The van der Waals surface area contributed by atoms with Gasteiger partial charge in [-0.25, -0.2) is 0 Å². The first-order chi connectivity index (χ1) is 12.6. The van der Waals surface area contributed by atoms with E-state index in [0.29, 0.717) is 17.8 Å². The SMILES string of the molecule is CC(c1ccccc1)[C@@H]1CC[C@@H](C)C[C@H]1OC(=O)[C@H]1NO[C@H]2C=CC[C@H]21. The van der Waals surface area contributed by atoms with Gasteiger partial charge in [0.1, 0.15) is 18.2 Å². The minimum absolute atomic E-state index is 0.0110. The first-order valence-corrected chi connectivity index (χ1v) is 9.96. The summed E-state index contributed by atoms with van der Waals surface area (Å²) >= 11 is 0. The van der Waals surface area contributed by atoms with Gasteiger partial charge >= 0.3 is 5.97 Å². The molecule has 0 bridgehead atoms. The van der Waals surface area contributed by atoms with Crippen molar-refractivity contribution in [2.24, 2.45) is 17.8 Å². The lowest BCUT2D eigenvalue weighted by Gasteiger charge is -2.38. The molecule has 4 nitrogen and oxygen atoms in total. The molecule has 1 saturated carbocycles. The van der Waals surface area contributed by atoms with Gasteiger partial charge in [-0.15, -0.1) is 0 Å². The van der Waals surface area contributed by atoms with Gasteiger partial charge in [-0.3, -0.25) is 9.63 Å². The van der Waals surface area contributed by atoms with E-state index in [-0.39, 0.29) is 30.1 Å². The lowest BCUT2D eigenvalue weighted by Crippen LogP contribution is -2.43. The number of carbonyl (C=O) groups is 1. The highest BCUT2D eigenvalue weighted by atomic mass is 16.7. The fraction of sp³-hybridized carbons (Fsp3) is 0.591. The van der Waals surface area contributed by atoms with Crippen LogP contribution in [0.5, 0.6) is 0 Å². The Bertz CT molecular complexity index is 659. The van der Waals surface area contributed by atoms with Crippen LogP contribution in [0, 0.1) is 17.8 Å². The fourth-order valence-corrected chi connectivity index (χ4v) is 4.85. The number of ether oxygens (including phenoxy) is 1. The van der Waals surface area contributed by atoms with E-state index in [0.717, 1.165) is 19.3 Å². The third-order valence-corrected chi connectivity index (χ3v) is 6.51. The number of nitrogens with one attached hydrogen (secondary N) is 1. The van der Waals surface area contributed by atoms with Crippen molar-refractivity contribution in [1.82, 2.24) is 5.48 Å². The van der Waals surface area contributed by atoms with E-state index in [9.17, 15) is 4.79 Å². The minimum atomic E-state index is -0.347. The average molecular weight is 355 g/mol. The maximum absolute atomic E-state index is 12.9. The summed E-state index contributed by atoms with van der Waals surface area (Å²) in [5.41, 5.74) is 4.24. The normalized spacial score (nSPS) is 37.3. The fourth-order valence-electron chi connectivity index (χ4n) is 4.85. The van der Waals surface area contributed by atoms with Gasteiger partial charge in [0.15, 0.2) is 0 Å². The molecular weight excluding hydrogens is 326 g/mol. The summed E-state index contributed by atoms with van der Waals surface area (Å²) in [6.45, 7) is 4.53. The van der Waals surface area contributed by atoms with Crippen molar-refractivity contribution in [3.05, 3.63) is 48.0 Å². The molecule has 3 aliphatic rings. The monoisotopic (exact) mass is 355 g/mol. The van der Waals surface area contributed by atoms with E-state index in [1.807, 2.05) is 6.08 Å². The number of hydrogen-bond donors (Lipinski definition) is 1. The van der Waals surface area contributed by atoms with Crippen LogP contribution in [0.15, 0.2) is 42.5 Å². The Morgan fingerprint density at radius 2 is 2.08 bits per heavy atom. The van der Waals surface area contributed by atoms with Crippen LogP contribution in [0.1, 0.15) is 51.0 Å². The number of fused-ring (bicyclic) bond motifs is 1. The lowest BCUT2D eigenvalue weighted by molar-refractivity contribution is -0.159. The van der Waals surface area contributed by atoms with E-state index in [4.69, 9.17) is 9.57 Å². The topological polar surface area (TPSA) is 47.6 Å². The van der Waals surface area contributed by atoms with Crippen LogP contribution in [-0.4, -0.2) is 24.2 Å². The van der Waals surface area contributed by atoms with Gasteiger partial charge in [0.05, 0.1) is 0 Å². The van der Waals surface area contributed by atoms with Crippen LogP contribution in [0.4, 0.5) is 0 Å². The molecule has 0 radical (unpaired) electrons. The van der Waals surface area contributed by atoms with Crippen molar-refractivity contribution < 1.29 is 14.4 Å². The van der Waals surface area contributed by atoms with Gasteiger partial charge in [-0.05, 0) is 36.7 Å². The molecule has 140 valence electrons. The van der Waals surface area contributed by atoms with Crippen LogP contribution in [0.3, 0.4) is 0 Å². The zero-order chi connectivity index (χ0) is 18.1. The van der Waals surface area contributed by atoms with E-state index in [1.54, 1.807) is 0 Å². The van der Waals surface area contributed by atoms with Crippen molar-refractivity contribution >= 4 is 5.97 Å². The predicted molar refractivity (Wildman–Crippen MR) is 100 cm³/mol. The molecular formula is C22H29NO3. The smallest absolute Gasteiger partial charge is 0.326 e. The second-order valence-electron chi connectivity index (χ2n) is 8.26. The highest BCUT2D eigenvalue weighted by Crippen LogP contribution is 2.40. The average Bonchev–Trinajstić information content (AvgIpc) is 3.25. The molecule has 1 heterocycles. The second-order valence-corrected chi connectivity index (χ2v) is 8.26. The third-order valence-electron chi connectivity index (χ3n) is 6.51. The number of hydrogen-bond acceptors (Lipinski definition) is 4. The van der Waals surface area contributed by atoms with Gasteiger partial charge < -0.3 is 4.74 Å². The Morgan fingerprint density at radius 1 is 1.27 bits per heavy atom. The van der Waals surface area contributed by atoms with Crippen molar-refractivity contribution in [3.8, 4) is 0 Å². The van der Waals surface area contributed by atoms with Crippen LogP contribution in [0.2, 0.25) is 0 Å². The zero-order valence-electron chi connectivity index (χ0n) is 15.6. The summed E-state index contributed by atoms with van der Waals surface area (Å²) in [5, 5.41) is 0. The summed E-state index contributed by atoms with van der Waals surface area (Å²) in [6.07, 6.45) is 8.27. The van der Waals surface area contributed by atoms with Crippen LogP contribution in [0.25, 0.3) is 0 Å². The zero-order valence-corrected chi connectivity index (χ0v) is 15.6. The number of carbonyl (C=O) groups excluding carboxylic acids is 1. The summed E-state index contributed by atoms with van der Waals surface area (Å²) in [7, 11) is 0. The van der Waals surface area contributed by atoms with Gasteiger partial charge in [-0.1, -0.05) is 62.8 Å². The summed E-state index contributed by atoms with van der Waals surface area (Å²) in [5.74, 6) is 1.38. The number of hydroxylamine groups is 1. The molecule has 1 aromatic carbocycles. The Balaban J connectivity index is 1.46. The molecule has 4 rings (SSSR count). The van der Waals surface area contributed by atoms with Gasteiger partial charge in [-0.2, -0.15) is 5.48 Å². The minimum Gasteiger partial charge on any atom is -0.461 e. The highest BCUT2D eigenvalue weighted by molar-refractivity contribution is 5.77. The third kappa shape index (κ3) is 3.45. The van der Waals surface area contributed by atoms with Crippen molar-refractivity contribution in [2.45, 2.75) is 63.7 Å². The molecule has 0 aromatic heterocycles.